The summed E-state index contributed by atoms with van der Waals surface area (Å²) in [6, 6.07) is 11.6. The maximum atomic E-state index is 12.9. The van der Waals surface area contributed by atoms with Gasteiger partial charge in [-0.25, -0.2) is 9.59 Å². The molecular weight excluding hydrogens is 957 g/mol. The molecule has 4 unspecified atom stereocenters. The smallest absolute Gasteiger partial charge is 0.384 e. The Morgan fingerprint density at radius 2 is 0.730 bits per heavy atom. The van der Waals surface area contributed by atoms with E-state index in [0.717, 1.165) is 59.3 Å². The largest absolute Gasteiger partial charge is 0.493 e. The number of likely N-dealkylation sites (N-methyl/N-ethyl adjacent to an activating group) is 2. The molecule has 2 heterocycles. The fraction of sp³-hybridized carbons (Fsp3) is 0.500. The Morgan fingerprint density at radius 3 is 1.01 bits per heavy atom. The predicted molar refractivity (Wildman–Crippen MR) is 275 cm³/mol. The van der Waals surface area contributed by atoms with Crippen LogP contribution in [0.1, 0.15) is 58.3 Å². The Balaban J connectivity index is 1.12. The standard InChI is InChI=1S/C56H74N2O16/c1-57(23-19-37-33-45(65-7)53(69-11)55(71-13)49(37)39(57)27-35-29-41(61-3)51(67-9)42(30-35)62-4)21-15-25-73-47(59)17-18-48(60)74-26-16-22-58(2)24-20-38-34-46(66-8)54(70-12)56(72-14)50(38)40(58)28-36-31-43(63-5)52(68-10)44(32-36)64-6/h29-34,39-40H,15-16,19-28H2,1-14H3/q+2. The molecule has 0 radical (unpaired) electrons. The Labute approximate surface area is 435 Å². The summed E-state index contributed by atoms with van der Waals surface area (Å²) in [4.78, 5) is 25.8. The number of hydrogen-bond acceptors (Lipinski definition) is 16. The first-order valence-corrected chi connectivity index (χ1v) is 24.4. The number of carbonyl (C=O) groups excluding carboxylic acids is 2. The second-order valence-corrected chi connectivity index (χ2v) is 18.5. The van der Waals surface area contributed by atoms with Crippen LogP contribution in [-0.2, 0) is 44.7 Å². The van der Waals surface area contributed by atoms with Gasteiger partial charge < -0.3 is 75.3 Å². The van der Waals surface area contributed by atoms with Crippen LogP contribution < -0.4 is 56.8 Å². The van der Waals surface area contributed by atoms with Gasteiger partial charge >= 0.3 is 11.9 Å². The van der Waals surface area contributed by atoms with Crippen molar-refractivity contribution in [2.45, 2.75) is 50.6 Å². The third-order valence-corrected chi connectivity index (χ3v) is 14.5. The van der Waals surface area contributed by atoms with E-state index in [4.69, 9.17) is 66.3 Å². The lowest BCUT2D eigenvalue weighted by molar-refractivity contribution is -0.941. The van der Waals surface area contributed by atoms with Crippen molar-refractivity contribution in [1.29, 1.82) is 0 Å². The minimum atomic E-state index is -0.818. The van der Waals surface area contributed by atoms with E-state index in [9.17, 15) is 9.59 Å². The van der Waals surface area contributed by atoms with Crippen molar-refractivity contribution in [2.75, 3.05) is 139 Å². The molecule has 0 aromatic heterocycles. The summed E-state index contributed by atoms with van der Waals surface area (Å²) in [6.45, 7) is 2.99. The molecule has 4 atom stereocenters. The van der Waals surface area contributed by atoms with Gasteiger partial charge in [0.25, 0.3) is 0 Å². The van der Waals surface area contributed by atoms with E-state index in [1.807, 2.05) is 36.4 Å². The predicted octanol–water partition coefficient (Wildman–Crippen LogP) is 6.93. The maximum absolute atomic E-state index is 12.9. The molecule has 4 aromatic rings. The van der Waals surface area contributed by atoms with E-state index >= 15 is 0 Å². The van der Waals surface area contributed by atoms with Crippen molar-refractivity contribution in [3.05, 3.63) is 69.8 Å². The van der Waals surface area contributed by atoms with Crippen LogP contribution in [0.3, 0.4) is 0 Å². The van der Waals surface area contributed by atoms with Gasteiger partial charge in [-0.3, -0.25) is 0 Å². The first kappa shape index (κ1) is 56.2. The minimum Gasteiger partial charge on any atom is -0.493 e. The number of quaternary nitrogens is 2. The molecule has 0 bridgehead atoms. The highest BCUT2D eigenvalue weighted by molar-refractivity contribution is 5.98. The van der Waals surface area contributed by atoms with Gasteiger partial charge in [-0.1, -0.05) is 0 Å². The first-order valence-electron chi connectivity index (χ1n) is 24.4. The Hall–Kier alpha value is -7.10. The normalized spacial score (nSPS) is 18.5. The molecule has 0 aliphatic carbocycles. The quantitative estimate of drug-likeness (QED) is 0.0233. The second kappa shape index (κ2) is 25.2. The van der Waals surface area contributed by atoms with Gasteiger partial charge in [-0.05, 0) is 58.7 Å². The van der Waals surface area contributed by atoms with E-state index in [0.29, 0.717) is 117 Å². The number of hydrogen-bond donors (Lipinski definition) is 0. The lowest BCUT2D eigenvalue weighted by Crippen LogP contribution is -2.53. The number of rotatable bonds is 24. The molecule has 0 saturated carbocycles. The van der Waals surface area contributed by atoms with Crippen molar-refractivity contribution in [3.63, 3.8) is 0 Å². The van der Waals surface area contributed by atoms with Gasteiger partial charge in [0.15, 0.2) is 46.0 Å². The van der Waals surface area contributed by atoms with Gasteiger partial charge in [0.2, 0.25) is 23.0 Å². The summed E-state index contributed by atoms with van der Waals surface area (Å²) in [5.41, 5.74) is 6.11. The summed E-state index contributed by atoms with van der Waals surface area (Å²) in [5.74, 6) is 9.60. The van der Waals surface area contributed by atoms with E-state index in [1.165, 1.54) is 0 Å². The lowest BCUT2D eigenvalue weighted by Gasteiger charge is -2.46. The van der Waals surface area contributed by atoms with E-state index in [-0.39, 0.29) is 25.3 Å². The van der Waals surface area contributed by atoms with Crippen molar-refractivity contribution in [3.8, 4) is 80.8 Å². The summed E-state index contributed by atoms with van der Waals surface area (Å²) in [6.07, 6.45) is 3.65. The Kier molecular flexibility index (Phi) is 19.2. The zero-order valence-corrected chi connectivity index (χ0v) is 45.5. The SMILES string of the molecule is COc1cc(CC2c3c(cc(OC)c(OC)c3OC)CC[N+]2(C)CCCOC(=O)C#CC(=O)OCCC[N+]2(C)CCc3cc(OC)c(OC)c(OC)c3C2Cc2cc(OC)c(OC)c(OC)c2)cc(OC)c1OC. The van der Waals surface area contributed by atoms with Gasteiger partial charge in [-0.15, -0.1) is 0 Å². The molecule has 6 rings (SSSR count). The minimum absolute atomic E-state index is 0.0869. The third-order valence-electron chi connectivity index (χ3n) is 14.5. The fourth-order valence-corrected chi connectivity index (χ4v) is 10.8. The molecule has 2 aliphatic rings. The Bertz CT molecular complexity index is 2470. The number of carbonyl (C=O) groups is 2. The number of esters is 2. The van der Waals surface area contributed by atoms with Crippen molar-refractivity contribution in [1.82, 2.24) is 0 Å². The fourth-order valence-electron chi connectivity index (χ4n) is 10.8. The third kappa shape index (κ3) is 11.8. The molecule has 402 valence electrons. The van der Waals surface area contributed by atoms with Gasteiger partial charge in [0, 0.05) is 50.4 Å². The number of nitrogens with zero attached hydrogens (tertiary/aromatic N) is 2. The highest BCUT2D eigenvalue weighted by atomic mass is 16.6. The monoisotopic (exact) mass is 1030 g/mol. The molecular formula is C56H74N2O16+2. The number of ether oxygens (including phenoxy) is 14. The van der Waals surface area contributed by atoms with Crippen LogP contribution in [0, 0.1) is 11.8 Å². The van der Waals surface area contributed by atoms with E-state index < -0.39 is 11.9 Å². The molecule has 74 heavy (non-hydrogen) atoms. The van der Waals surface area contributed by atoms with Crippen LogP contribution in [0.25, 0.3) is 0 Å². The zero-order chi connectivity index (χ0) is 53.7. The highest BCUT2D eigenvalue weighted by Crippen LogP contribution is 2.53. The van der Waals surface area contributed by atoms with Gasteiger partial charge in [0.05, 0.1) is 150 Å². The van der Waals surface area contributed by atoms with E-state index in [1.54, 1.807) is 85.3 Å². The molecule has 0 fully saturated rings. The van der Waals surface area contributed by atoms with Crippen molar-refractivity contribution in [2.24, 2.45) is 0 Å². The number of methoxy groups -OCH3 is 12. The lowest BCUT2D eigenvalue weighted by atomic mass is 9.85. The van der Waals surface area contributed by atoms with Crippen molar-refractivity contribution >= 4 is 11.9 Å². The summed E-state index contributed by atoms with van der Waals surface area (Å²) >= 11 is 0. The molecule has 18 heteroatoms. The van der Waals surface area contributed by atoms with Crippen molar-refractivity contribution < 1.29 is 84.9 Å². The molecule has 4 aromatic carbocycles. The summed E-state index contributed by atoms with van der Waals surface area (Å²) in [7, 11) is 23.6. The summed E-state index contributed by atoms with van der Waals surface area (Å²) < 4.78 is 81.7. The topological polar surface area (TPSA) is 163 Å². The molecule has 2 aliphatic heterocycles. The van der Waals surface area contributed by atoms with Crippen LogP contribution >= 0.6 is 0 Å². The zero-order valence-electron chi connectivity index (χ0n) is 45.5. The molecule has 0 saturated heterocycles. The van der Waals surface area contributed by atoms with Crippen LogP contribution in [0.2, 0.25) is 0 Å². The van der Waals surface area contributed by atoms with Crippen LogP contribution in [0.15, 0.2) is 36.4 Å². The van der Waals surface area contributed by atoms with Crippen LogP contribution in [0.4, 0.5) is 0 Å². The average molecular weight is 1030 g/mol. The van der Waals surface area contributed by atoms with E-state index in [2.05, 4.69) is 25.9 Å². The molecule has 0 N–H and O–H groups in total. The Morgan fingerprint density at radius 1 is 0.432 bits per heavy atom. The van der Waals surface area contributed by atoms with Gasteiger partial charge in [0.1, 0.15) is 12.1 Å². The first-order chi connectivity index (χ1) is 35.7. The highest BCUT2D eigenvalue weighted by Gasteiger charge is 2.45. The second-order valence-electron chi connectivity index (χ2n) is 18.5. The van der Waals surface area contributed by atoms with Crippen LogP contribution in [-0.4, -0.2) is 160 Å². The number of fused-ring (bicyclic) bond motifs is 2. The maximum Gasteiger partial charge on any atom is 0.384 e. The molecule has 0 spiro atoms. The number of benzene rings is 4. The molecule has 0 amide bonds. The average Bonchev–Trinajstić information content (AvgIpc) is 3.42. The summed E-state index contributed by atoms with van der Waals surface area (Å²) in [5, 5.41) is 0. The molecule has 18 nitrogen and oxygen atoms in total. The van der Waals surface area contributed by atoms with Gasteiger partial charge in [-0.2, -0.15) is 0 Å². The van der Waals surface area contributed by atoms with Crippen LogP contribution in [0.5, 0.6) is 69.0 Å².